The largest absolute Gasteiger partial charge is 0.628 e. The lowest BCUT2D eigenvalue weighted by molar-refractivity contribution is -0.714. The highest BCUT2D eigenvalue weighted by atomic mass is 79.9. The number of nitrogens with zero attached hydrogens (tertiary/aromatic N) is 1. The molecule has 0 aliphatic carbocycles. The zero-order chi connectivity index (χ0) is 16.8. The second-order valence-corrected chi connectivity index (χ2v) is 6.56. The SMILES string of the molecule is CC(C)CCCOc1nc(-c2ccccc2)c([NH+]([O-])[O-])cc1Br. The normalized spacial score (nSPS) is 11.3. The predicted octanol–water partition coefficient (Wildman–Crippen LogP) is 3.84. The fraction of sp³-hybridized carbons (Fsp3) is 0.353. The Bertz CT molecular complexity index is 633. The van der Waals surface area contributed by atoms with E-state index in [-0.39, 0.29) is 5.69 Å². The summed E-state index contributed by atoms with van der Waals surface area (Å²) in [6.07, 6.45) is 2.00. The number of ether oxygens (including phenoxy) is 1. The highest BCUT2D eigenvalue weighted by Crippen LogP contribution is 2.32. The van der Waals surface area contributed by atoms with Crippen molar-refractivity contribution in [1.29, 1.82) is 0 Å². The van der Waals surface area contributed by atoms with Crippen molar-refractivity contribution in [2.24, 2.45) is 5.92 Å². The smallest absolute Gasteiger partial charge is 0.229 e. The predicted molar refractivity (Wildman–Crippen MR) is 94.3 cm³/mol. The summed E-state index contributed by atoms with van der Waals surface area (Å²) in [6.45, 7) is 4.87. The molecule has 0 saturated carbocycles. The lowest BCUT2D eigenvalue weighted by Gasteiger charge is -2.27. The zero-order valence-electron chi connectivity index (χ0n) is 13.2. The number of quaternary nitrogens is 1. The van der Waals surface area contributed by atoms with Gasteiger partial charge in [-0.15, -0.1) is 0 Å². The van der Waals surface area contributed by atoms with E-state index >= 15 is 0 Å². The van der Waals surface area contributed by atoms with Crippen LogP contribution in [0.15, 0.2) is 40.9 Å². The molecule has 2 rings (SSSR count). The summed E-state index contributed by atoms with van der Waals surface area (Å²) in [5, 5.41) is 21.5. The van der Waals surface area contributed by atoms with E-state index < -0.39 is 5.23 Å². The average Bonchev–Trinajstić information content (AvgIpc) is 2.53. The molecule has 0 atom stereocenters. The molecule has 0 aliphatic rings. The van der Waals surface area contributed by atoms with E-state index in [4.69, 9.17) is 4.74 Å². The molecule has 0 radical (unpaired) electrons. The first kappa shape index (κ1) is 17.9. The maximum Gasteiger partial charge on any atom is 0.229 e. The summed E-state index contributed by atoms with van der Waals surface area (Å²) in [6, 6.07) is 10.6. The Hall–Kier alpha value is -1.47. The van der Waals surface area contributed by atoms with Gasteiger partial charge in [0.25, 0.3) is 0 Å². The highest BCUT2D eigenvalue weighted by Gasteiger charge is 2.15. The maximum atomic E-state index is 11.4. The molecule has 0 unspecified atom stereocenters. The quantitative estimate of drug-likeness (QED) is 0.585. The molecule has 6 heteroatoms. The van der Waals surface area contributed by atoms with Gasteiger partial charge < -0.3 is 20.4 Å². The Balaban J connectivity index is 2.27. The van der Waals surface area contributed by atoms with Crippen molar-refractivity contribution < 1.29 is 9.96 Å². The fourth-order valence-corrected chi connectivity index (χ4v) is 2.64. The zero-order valence-corrected chi connectivity index (χ0v) is 14.8. The minimum Gasteiger partial charge on any atom is -0.628 e. The molecule has 1 aromatic carbocycles. The summed E-state index contributed by atoms with van der Waals surface area (Å²) in [5.41, 5.74) is 1.11. The first-order valence-corrected chi connectivity index (χ1v) is 8.38. The van der Waals surface area contributed by atoms with E-state index in [9.17, 15) is 10.4 Å². The van der Waals surface area contributed by atoms with Crippen LogP contribution in [0.25, 0.3) is 11.3 Å². The van der Waals surface area contributed by atoms with Gasteiger partial charge in [-0.1, -0.05) is 44.2 Å². The van der Waals surface area contributed by atoms with Gasteiger partial charge in [0.05, 0.1) is 11.1 Å². The molecule has 5 nitrogen and oxygen atoms in total. The average molecular weight is 380 g/mol. The van der Waals surface area contributed by atoms with Crippen molar-refractivity contribution >= 4 is 21.6 Å². The topological polar surface area (TPSA) is 72.7 Å². The number of pyridine rings is 1. The number of hydrogen-bond donors (Lipinski definition) is 1. The summed E-state index contributed by atoms with van der Waals surface area (Å²) in [5.74, 6) is 1.02. The van der Waals surface area contributed by atoms with Crippen LogP contribution in [-0.4, -0.2) is 11.6 Å². The minimum absolute atomic E-state index is 0.0394. The van der Waals surface area contributed by atoms with E-state index in [1.165, 1.54) is 6.07 Å². The van der Waals surface area contributed by atoms with E-state index in [2.05, 4.69) is 34.8 Å². The Morgan fingerprint density at radius 1 is 1.22 bits per heavy atom. The molecule has 1 N–H and O–H groups in total. The molecule has 124 valence electrons. The summed E-state index contributed by atoms with van der Waals surface area (Å²) in [4.78, 5) is 4.39. The molecule has 0 aliphatic heterocycles. The van der Waals surface area contributed by atoms with Crippen LogP contribution in [0.2, 0.25) is 0 Å². The third kappa shape index (κ3) is 5.00. The van der Waals surface area contributed by atoms with Crippen molar-refractivity contribution in [1.82, 2.24) is 4.98 Å². The van der Waals surface area contributed by atoms with Gasteiger partial charge in [-0.3, -0.25) is 0 Å². The van der Waals surface area contributed by atoms with Gasteiger partial charge in [0.1, 0.15) is 5.69 Å². The van der Waals surface area contributed by atoms with Gasteiger partial charge >= 0.3 is 0 Å². The van der Waals surface area contributed by atoms with Crippen molar-refractivity contribution in [2.75, 3.05) is 6.61 Å². The summed E-state index contributed by atoms with van der Waals surface area (Å²) in [7, 11) is 0. The molecule has 0 saturated heterocycles. The van der Waals surface area contributed by atoms with Gasteiger partial charge in [0.2, 0.25) is 5.88 Å². The molecule has 1 heterocycles. The van der Waals surface area contributed by atoms with Crippen molar-refractivity contribution in [2.45, 2.75) is 26.7 Å². The molecule has 0 amide bonds. The van der Waals surface area contributed by atoms with E-state index in [0.29, 0.717) is 34.1 Å². The fourth-order valence-electron chi connectivity index (χ4n) is 2.21. The van der Waals surface area contributed by atoms with E-state index in [1.807, 2.05) is 30.3 Å². The first-order valence-electron chi connectivity index (χ1n) is 7.59. The first-order chi connectivity index (χ1) is 11.0. The summed E-state index contributed by atoms with van der Waals surface area (Å²) < 4.78 is 6.23. The van der Waals surface area contributed by atoms with Gasteiger partial charge in [-0.05, 0) is 34.7 Å². The number of aromatic nitrogens is 1. The number of rotatable bonds is 7. The number of hydrogen-bond acceptors (Lipinski definition) is 4. The molecule has 0 fully saturated rings. The number of nitrogens with one attached hydrogen (secondary N) is 1. The molecule has 2 aromatic rings. The van der Waals surface area contributed by atoms with Gasteiger partial charge in [0.15, 0.2) is 5.69 Å². The van der Waals surface area contributed by atoms with E-state index in [1.54, 1.807) is 0 Å². The third-order valence-corrected chi connectivity index (χ3v) is 3.94. The molecule has 1 aromatic heterocycles. The second-order valence-electron chi connectivity index (χ2n) is 5.71. The monoisotopic (exact) mass is 379 g/mol. The van der Waals surface area contributed by atoms with Crippen LogP contribution in [0.1, 0.15) is 26.7 Å². The highest BCUT2D eigenvalue weighted by molar-refractivity contribution is 9.10. The molecule has 0 bridgehead atoms. The van der Waals surface area contributed by atoms with Crippen LogP contribution < -0.4 is 9.96 Å². The van der Waals surface area contributed by atoms with Crippen molar-refractivity contribution in [3.05, 3.63) is 51.3 Å². The lowest BCUT2D eigenvalue weighted by atomic mass is 10.1. The molecule has 23 heavy (non-hydrogen) atoms. The molecular formula is C17H20BrN2O3-. The van der Waals surface area contributed by atoms with Crippen LogP contribution in [0, 0.1) is 16.3 Å². The lowest BCUT2D eigenvalue weighted by Crippen LogP contribution is -2.96. The van der Waals surface area contributed by atoms with Gasteiger partial charge in [0, 0.05) is 11.6 Å². The van der Waals surface area contributed by atoms with Crippen LogP contribution in [0.5, 0.6) is 5.88 Å². The summed E-state index contributed by atoms with van der Waals surface area (Å²) >= 11 is 3.32. The number of benzene rings is 1. The second kappa shape index (κ2) is 8.40. The maximum absolute atomic E-state index is 11.4. The molecular weight excluding hydrogens is 360 g/mol. The van der Waals surface area contributed by atoms with Crippen molar-refractivity contribution in [3.63, 3.8) is 0 Å². The van der Waals surface area contributed by atoms with Crippen LogP contribution >= 0.6 is 15.9 Å². The Morgan fingerprint density at radius 2 is 1.91 bits per heavy atom. The van der Waals surface area contributed by atoms with E-state index in [0.717, 1.165) is 12.8 Å². The van der Waals surface area contributed by atoms with Crippen LogP contribution in [0.3, 0.4) is 0 Å². The Kier molecular flexibility index (Phi) is 6.53. The van der Waals surface area contributed by atoms with Gasteiger partial charge in [-0.2, -0.15) is 0 Å². The van der Waals surface area contributed by atoms with Crippen molar-refractivity contribution in [3.8, 4) is 17.1 Å². The Labute approximate surface area is 144 Å². The van der Waals surface area contributed by atoms with Crippen LogP contribution in [-0.2, 0) is 0 Å². The Morgan fingerprint density at radius 3 is 2.52 bits per heavy atom. The number of halogens is 1. The standard InChI is InChI=1S/C17H20BrN2O3/c1-12(2)7-6-10-23-17-14(18)11-15(20(21)22)16(19-17)13-8-4-3-5-9-13/h3-5,8-9,11-12,20H,6-7,10H2,1-2H3/q-1. The minimum atomic E-state index is -1.26. The van der Waals surface area contributed by atoms with Gasteiger partial charge in [-0.25, -0.2) is 4.98 Å². The third-order valence-electron chi connectivity index (χ3n) is 3.38. The van der Waals surface area contributed by atoms with Crippen LogP contribution in [0.4, 0.5) is 5.69 Å². The molecule has 0 spiro atoms.